The Labute approximate surface area is 153 Å². The molecule has 2 bridgehead atoms. The van der Waals surface area contributed by atoms with Crippen LogP contribution in [0, 0.1) is 19.8 Å². The first-order valence-electron chi connectivity index (χ1n) is 9.24. The van der Waals surface area contributed by atoms with E-state index in [1.54, 1.807) is 0 Å². The van der Waals surface area contributed by atoms with Gasteiger partial charge in [0.15, 0.2) is 0 Å². The molecular weight excluding hydrogens is 328 g/mol. The first kappa shape index (κ1) is 16.8. The zero-order valence-corrected chi connectivity index (χ0v) is 15.2. The molecule has 2 aliphatic rings. The molecule has 2 saturated heterocycles. The molecule has 26 heavy (non-hydrogen) atoms. The summed E-state index contributed by atoms with van der Waals surface area (Å²) in [4.78, 5) is 27.0. The van der Waals surface area contributed by atoms with Crippen molar-refractivity contribution in [2.45, 2.75) is 39.2 Å². The van der Waals surface area contributed by atoms with E-state index in [-0.39, 0.29) is 23.8 Å². The first-order valence-corrected chi connectivity index (χ1v) is 9.24. The topological polar surface area (TPSA) is 67.2 Å². The number of benzene rings is 1. The molecule has 0 radical (unpaired) electrons. The highest BCUT2D eigenvalue weighted by atomic mass is 16.2. The zero-order chi connectivity index (χ0) is 18.3. The van der Waals surface area contributed by atoms with Crippen LogP contribution in [-0.2, 0) is 4.79 Å². The molecule has 1 aromatic carbocycles. The third kappa shape index (κ3) is 3.11. The Morgan fingerprint density at radius 1 is 1.15 bits per heavy atom. The highest BCUT2D eigenvalue weighted by Gasteiger charge is 2.34. The Kier molecular flexibility index (Phi) is 4.26. The van der Waals surface area contributed by atoms with E-state index in [9.17, 15) is 9.59 Å². The molecule has 6 nitrogen and oxygen atoms in total. The highest BCUT2D eigenvalue weighted by Crippen LogP contribution is 2.23. The minimum absolute atomic E-state index is 0.00156. The summed E-state index contributed by atoms with van der Waals surface area (Å²) >= 11 is 0. The first-order chi connectivity index (χ1) is 12.5. The Morgan fingerprint density at radius 3 is 2.62 bits per heavy atom. The number of aryl methyl sites for hydroxylation is 2. The molecule has 1 N–H and O–H groups in total. The Balaban J connectivity index is 1.55. The highest BCUT2D eigenvalue weighted by molar-refractivity contribution is 5.95. The van der Waals surface area contributed by atoms with Gasteiger partial charge in [-0.1, -0.05) is 6.42 Å². The minimum atomic E-state index is -0.0829. The minimum Gasteiger partial charge on any atom is -0.351 e. The second-order valence-electron chi connectivity index (χ2n) is 7.43. The Bertz CT molecular complexity index is 840. The van der Waals surface area contributed by atoms with Crippen LogP contribution in [0.5, 0.6) is 0 Å². The van der Waals surface area contributed by atoms with E-state index in [2.05, 4.69) is 10.4 Å². The van der Waals surface area contributed by atoms with Crippen molar-refractivity contribution in [2.24, 2.45) is 5.92 Å². The number of carbonyl (C=O) groups excluding carboxylic acids is 2. The van der Waals surface area contributed by atoms with Crippen LogP contribution < -0.4 is 5.32 Å². The van der Waals surface area contributed by atoms with Gasteiger partial charge in [-0.15, -0.1) is 0 Å². The van der Waals surface area contributed by atoms with Crippen molar-refractivity contribution in [3.05, 3.63) is 47.3 Å². The Morgan fingerprint density at radius 2 is 1.92 bits per heavy atom. The largest absolute Gasteiger partial charge is 0.351 e. The smallest absolute Gasteiger partial charge is 0.253 e. The lowest BCUT2D eigenvalue weighted by molar-refractivity contribution is -0.124. The van der Waals surface area contributed by atoms with Crippen LogP contribution in [0.2, 0.25) is 0 Å². The molecule has 6 heteroatoms. The van der Waals surface area contributed by atoms with Crippen molar-refractivity contribution in [3.8, 4) is 5.69 Å². The average molecular weight is 352 g/mol. The molecule has 4 rings (SSSR count). The van der Waals surface area contributed by atoms with Crippen LogP contribution in [0.1, 0.15) is 41.0 Å². The number of amides is 2. The van der Waals surface area contributed by atoms with Crippen LogP contribution in [0.3, 0.4) is 0 Å². The predicted octanol–water partition coefficient (Wildman–Crippen LogP) is 2.23. The van der Waals surface area contributed by atoms with Gasteiger partial charge in [-0.2, -0.15) is 5.10 Å². The van der Waals surface area contributed by atoms with Crippen LogP contribution in [0.25, 0.3) is 5.69 Å². The number of hydrogen-bond donors (Lipinski definition) is 1. The molecule has 2 amide bonds. The Hall–Kier alpha value is -2.63. The summed E-state index contributed by atoms with van der Waals surface area (Å²) in [7, 11) is 0. The van der Waals surface area contributed by atoms with Gasteiger partial charge in [0.2, 0.25) is 5.91 Å². The lowest BCUT2D eigenvalue weighted by Gasteiger charge is -2.27. The maximum absolute atomic E-state index is 13.0. The number of likely N-dealkylation sites (tertiary alicyclic amines) is 1. The number of fused-ring (bicyclic) bond motifs is 3. The molecule has 136 valence electrons. The molecule has 2 unspecified atom stereocenters. The molecule has 1 aromatic heterocycles. The van der Waals surface area contributed by atoms with Crippen molar-refractivity contribution in [3.63, 3.8) is 0 Å². The molecule has 3 heterocycles. The fourth-order valence-electron chi connectivity index (χ4n) is 4.03. The molecular formula is C20H24N4O2. The quantitative estimate of drug-likeness (QED) is 0.901. The van der Waals surface area contributed by atoms with E-state index in [1.165, 1.54) is 0 Å². The molecule has 2 aliphatic heterocycles. The van der Waals surface area contributed by atoms with Gasteiger partial charge in [-0.05, 0) is 57.0 Å². The van der Waals surface area contributed by atoms with Crippen LogP contribution in [0.4, 0.5) is 0 Å². The summed E-state index contributed by atoms with van der Waals surface area (Å²) in [6.07, 6.45) is 2.86. The predicted molar refractivity (Wildman–Crippen MR) is 98.2 cm³/mol. The van der Waals surface area contributed by atoms with E-state index in [4.69, 9.17) is 0 Å². The van der Waals surface area contributed by atoms with E-state index >= 15 is 0 Å². The second kappa shape index (κ2) is 6.59. The third-order valence-corrected chi connectivity index (χ3v) is 5.36. The number of nitrogens with zero attached hydrogens (tertiary/aromatic N) is 3. The zero-order valence-electron chi connectivity index (χ0n) is 15.2. The molecule has 2 fully saturated rings. The van der Waals surface area contributed by atoms with Crippen molar-refractivity contribution < 1.29 is 9.59 Å². The summed E-state index contributed by atoms with van der Waals surface area (Å²) in [5.41, 5.74) is 3.63. The van der Waals surface area contributed by atoms with Crippen LogP contribution in [-0.4, -0.2) is 45.6 Å². The van der Waals surface area contributed by atoms with Crippen molar-refractivity contribution in [2.75, 3.05) is 13.1 Å². The number of hydrogen-bond acceptors (Lipinski definition) is 3. The molecule has 0 aliphatic carbocycles. The van der Waals surface area contributed by atoms with Gasteiger partial charge in [0.1, 0.15) is 0 Å². The SMILES string of the molecule is Cc1cc(C)n(-c2ccc(C(=O)N3CC4CCCC(C3)C(=O)N4)cc2)n1. The van der Waals surface area contributed by atoms with E-state index < -0.39 is 0 Å². The fourth-order valence-corrected chi connectivity index (χ4v) is 4.03. The van der Waals surface area contributed by atoms with Crippen molar-refractivity contribution >= 4 is 11.8 Å². The lowest BCUT2D eigenvalue weighted by atomic mass is 9.98. The van der Waals surface area contributed by atoms with Crippen molar-refractivity contribution in [1.29, 1.82) is 0 Å². The van der Waals surface area contributed by atoms with Gasteiger partial charge >= 0.3 is 0 Å². The third-order valence-electron chi connectivity index (χ3n) is 5.36. The van der Waals surface area contributed by atoms with Crippen LogP contribution in [0.15, 0.2) is 30.3 Å². The average Bonchev–Trinajstić information content (AvgIpc) is 2.76. The number of carbonyl (C=O) groups is 2. The normalized spacial score (nSPS) is 22.7. The van der Waals surface area contributed by atoms with Gasteiger partial charge in [-0.3, -0.25) is 9.59 Å². The van der Waals surface area contributed by atoms with Gasteiger partial charge in [0, 0.05) is 30.4 Å². The molecule has 0 spiro atoms. The summed E-state index contributed by atoms with van der Waals surface area (Å²) in [6.45, 7) is 5.09. The lowest BCUT2D eigenvalue weighted by Crippen LogP contribution is -2.41. The maximum atomic E-state index is 13.0. The van der Waals surface area contributed by atoms with Gasteiger partial charge in [-0.25, -0.2) is 4.68 Å². The number of aromatic nitrogens is 2. The van der Waals surface area contributed by atoms with Gasteiger partial charge < -0.3 is 10.2 Å². The molecule has 2 atom stereocenters. The second-order valence-corrected chi connectivity index (χ2v) is 7.43. The monoisotopic (exact) mass is 352 g/mol. The van der Waals surface area contributed by atoms with E-state index in [1.807, 2.05) is 53.8 Å². The van der Waals surface area contributed by atoms with E-state index in [0.717, 1.165) is 36.3 Å². The standard InChI is InChI=1S/C20H24N4O2/c1-13-10-14(2)24(22-13)18-8-6-15(7-9-18)20(26)23-11-16-4-3-5-17(12-23)21-19(16)25/h6-10,16-17H,3-5,11-12H2,1-2H3,(H,21,25). The maximum Gasteiger partial charge on any atom is 0.253 e. The van der Waals surface area contributed by atoms with E-state index in [0.29, 0.717) is 18.7 Å². The summed E-state index contributed by atoms with van der Waals surface area (Å²) < 4.78 is 1.88. The summed E-state index contributed by atoms with van der Waals surface area (Å²) in [5.74, 6) is 0.0152. The summed E-state index contributed by atoms with van der Waals surface area (Å²) in [6, 6.07) is 9.66. The number of nitrogens with one attached hydrogen (secondary N) is 1. The fraction of sp³-hybridized carbons (Fsp3) is 0.450. The van der Waals surface area contributed by atoms with Gasteiger partial charge in [0.25, 0.3) is 5.91 Å². The van der Waals surface area contributed by atoms with Crippen molar-refractivity contribution in [1.82, 2.24) is 20.0 Å². The van der Waals surface area contributed by atoms with Gasteiger partial charge in [0.05, 0.1) is 17.3 Å². The molecule has 0 saturated carbocycles. The van der Waals surface area contributed by atoms with Crippen LogP contribution >= 0.6 is 0 Å². The summed E-state index contributed by atoms with van der Waals surface area (Å²) in [5, 5.41) is 7.55. The number of rotatable bonds is 2. The molecule has 2 aromatic rings.